The minimum atomic E-state index is -3.60. The molecule has 1 aliphatic rings. The van der Waals surface area contributed by atoms with Gasteiger partial charge in [0, 0.05) is 0 Å². The predicted octanol–water partition coefficient (Wildman–Crippen LogP) is 3.24. The third-order valence-electron chi connectivity index (χ3n) is 5.51. The SMILES string of the molecule is CC(C)(C)C(O[SiH](c1ccccc1)c1ccccc1)C1(OS(C)(=O)=O)CCCC1. The molecule has 1 saturated carbocycles. The molecule has 0 amide bonds. The van der Waals surface area contributed by atoms with Crippen molar-refractivity contribution in [1.29, 1.82) is 0 Å². The van der Waals surface area contributed by atoms with Gasteiger partial charge in [-0.2, -0.15) is 8.42 Å². The molecule has 0 N–H and O–H groups in total. The van der Waals surface area contributed by atoms with Crippen LogP contribution in [-0.2, 0) is 18.7 Å². The van der Waals surface area contributed by atoms with Crippen LogP contribution >= 0.6 is 0 Å². The molecule has 0 heterocycles. The Hall–Kier alpha value is -1.47. The lowest BCUT2D eigenvalue weighted by Gasteiger charge is -2.45. The third-order valence-corrected chi connectivity index (χ3v) is 8.67. The van der Waals surface area contributed by atoms with Gasteiger partial charge in [-0.1, -0.05) is 94.3 Å². The first kappa shape index (κ1) is 22.2. The van der Waals surface area contributed by atoms with E-state index in [9.17, 15) is 8.42 Å². The Morgan fingerprint density at radius 3 is 1.72 bits per heavy atom. The van der Waals surface area contributed by atoms with Gasteiger partial charge in [-0.15, -0.1) is 0 Å². The van der Waals surface area contributed by atoms with Gasteiger partial charge in [-0.3, -0.25) is 4.18 Å². The van der Waals surface area contributed by atoms with E-state index in [1.165, 1.54) is 10.4 Å². The molecule has 1 aliphatic carbocycles. The van der Waals surface area contributed by atoms with Gasteiger partial charge in [0.05, 0.1) is 12.4 Å². The van der Waals surface area contributed by atoms with Crippen LogP contribution in [0, 0.1) is 5.41 Å². The van der Waals surface area contributed by atoms with Crippen molar-refractivity contribution < 1.29 is 17.0 Å². The fourth-order valence-corrected chi connectivity index (χ4v) is 8.15. The lowest BCUT2D eigenvalue weighted by molar-refractivity contribution is -0.0818. The summed E-state index contributed by atoms with van der Waals surface area (Å²) < 4.78 is 37.2. The molecule has 1 atom stereocenters. The fraction of sp³-hybridized carbons (Fsp3) is 0.478. The van der Waals surface area contributed by atoms with Crippen molar-refractivity contribution in [3.63, 3.8) is 0 Å². The topological polar surface area (TPSA) is 52.6 Å². The van der Waals surface area contributed by atoms with Crippen LogP contribution in [0.3, 0.4) is 0 Å². The van der Waals surface area contributed by atoms with E-state index in [4.69, 9.17) is 8.61 Å². The van der Waals surface area contributed by atoms with Crippen molar-refractivity contribution >= 4 is 29.5 Å². The summed E-state index contributed by atoms with van der Waals surface area (Å²) in [5.41, 5.74) is -1.08. The minimum Gasteiger partial charge on any atom is -0.404 e. The smallest absolute Gasteiger partial charge is 0.265 e. The van der Waals surface area contributed by atoms with E-state index < -0.39 is 24.8 Å². The monoisotopic (exact) mass is 432 g/mol. The van der Waals surface area contributed by atoms with E-state index in [2.05, 4.69) is 45.0 Å². The molecule has 6 heteroatoms. The minimum absolute atomic E-state index is 0.274. The second-order valence-electron chi connectivity index (χ2n) is 9.14. The summed E-state index contributed by atoms with van der Waals surface area (Å²) in [6, 6.07) is 20.6. The lowest BCUT2D eigenvalue weighted by atomic mass is 9.77. The van der Waals surface area contributed by atoms with Crippen LogP contribution in [0.1, 0.15) is 46.5 Å². The Kier molecular flexibility index (Phi) is 6.68. The fourth-order valence-electron chi connectivity index (χ4n) is 4.52. The average molecular weight is 433 g/mol. The first-order chi connectivity index (χ1) is 13.6. The summed E-state index contributed by atoms with van der Waals surface area (Å²) in [5.74, 6) is 0. The van der Waals surface area contributed by atoms with E-state index >= 15 is 0 Å². The number of hydrogen-bond donors (Lipinski definition) is 0. The van der Waals surface area contributed by atoms with Gasteiger partial charge in [0.15, 0.2) is 0 Å². The Morgan fingerprint density at radius 2 is 1.34 bits per heavy atom. The number of benzene rings is 2. The molecule has 0 spiro atoms. The van der Waals surface area contributed by atoms with Crippen molar-refractivity contribution in [1.82, 2.24) is 0 Å². The Morgan fingerprint density at radius 1 is 0.897 bits per heavy atom. The number of rotatable bonds is 7. The summed E-state index contributed by atoms with van der Waals surface area (Å²) in [4.78, 5) is 0. The molecular formula is C23H32O4SSi. The molecule has 2 aromatic carbocycles. The van der Waals surface area contributed by atoms with Gasteiger partial charge in [0.1, 0.15) is 5.60 Å². The van der Waals surface area contributed by atoms with Crippen LogP contribution in [0.15, 0.2) is 60.7 Å². The summed E-state index contributed by atoms with van der Waals surface area (Å²) >= 11 is 0. The highest BCUT2D eigenvalue weighted by Crippen LogP contribution is 2.45. The van der Waals surface area contributed by atoms with Crippen LogP contribution in [-0.4, -0.2) is 35.4 Å². The van der Waals surface area contributed by atoms with Gasteiger partial charge in [-0.25, -0.2) is 0 Å². The highest BCUT2D eigenvalue weighted by molar-refractivity contribution is 7.86. The largest absolute Gasteiger partial charge is 0.404 e. The lowest BCUT2D eigenvalue weighted by Crippen LogP contribution is -2.58. The van der Waals surface area contributed by atoms with Crippen LogP contribution in [0.4, 0.5) is 0 Å². The van der Waals surface area contributed by atoms with Crippen LogP contribution in [0.25, 0.3) is 0 Å². The van der Waals surface area contributed by atoms with Crippen molar-refractivity contribution in [3.05, 3.63) is 60.7 Å². The zero-order valence-electron chi connectivity index (χ0n) is 17.8. The Labute approximate surface area is 177 Å². The normalized spacial score (nSPS) is 18.1. The molecule has 2 aromatic rings. The molecule has 29 heavy (non-hydrogen) atoms. The predicted molar refractivity (Wildman–Crippen MR) is 121 cm³/mol. The molecule has 1 unspecified atom stereocenters. The van der Waals surface area contributed by atoms with Crippen molar-refractivity contribution in [2.75, 3.05) is 6.26 Å². The van der Waals surface area contributed by atoms with Gasteiger partial charge < -0.3 is 4.43 Å². The van der Waals surface area contributed by atoms with Crippen molar-refractivity contribution in [2.45, 2.75) is 58.2 Å². The Balaban J connectivity index is 2.05. The summed E-state index contributed by atoms with van der Waals surface area (Å²) in [6.45, 7) is 6.35. The van der Waals surface area contributed by atoms with Crippen molar-refractivity contribution in [2.24, 2.45) is 5.41 Å². The maximum atomic E-state index is 12.2. The van der Waals surface area contributed by atoms with Gasteiger partial charge in [-0.05, 0) is 28.6 Å². The molecule has 1 fully saturated rings. The second kappa shape index (κ2) is 8.72. The van der Waals surface area contributed by atoms with Crippen LogP contribution in [0.5, 0.6) is 0 Å². The van der Waals surface area contributed by atoms with Gasteiger partial charge >= 0.3 is 0 Å². The number of hydrogen-bond acceptors (Lipinski definition) is 4. The van der Waals surface area contributed by atoms with Crippen LogP contribution < -0.4 is 10.4 Å². The maximum Gasteiger partial charge on any atom is 0.265 e. The standard InChI is InChI=1S/C23H32O4SSi/c1-22(2,3)21(23(17-11-12-18-23)27-28(4,24)25)26-29(19-13-7-5-8-14-19)20-15-9-6-10-16-20/h5-10,13-16,21,29H,11-12,17-18H2,1-4H3. The third kappa shape index (κ3) is 5.57. The van der Waals surface area contributed by atoms with Gasteiger partial charge in [0.2, 0.25) is 9.04 Å². The summed E-state index contributed by atoms with van der Waals surface area (Å²) in [6.07, 6.45) is 4.13. The first-order valence-corrected chi connectivity index (χ1v) is 13.7. The van der Waals surface area contributed by atoms with E-state index in [0.717, 1.165) is 19.1 Å². The zero-order valence-corrected chi connectivity index (χ0v) is 19.8. The maximum absolute atomic E-state index is 12.2. The van der Waals surface area contributed by atoms with Crippen LogP contribution in [0.2, 0.25) is 0 Å². The van der Waals surface area contributed by atoms with Gasteiger partial charge in [0.25, 0.3) is 10.1 Å². The van der Waals surface area contributed by atoms with E-state index in [0.29, 0.717) is 12.8 Å². The first-order valence-electron chi connectivity index (χ1n) is 10.3. The second-order valence-corrected chi connectivity index (χ2v) is 13.1. The Bertz CT molecular complexity index is 846. The molecular weight excluding hydrogens is 400 g/mol. The highest BCUT2D eigenvalue weighted by atomic mass is 32.2. The molecule has 0 saturated heterocycles. The van der Waals surface area contributed by atoms with E-state index in [-0.39, 0.29) is 11.5 Å². The molecule has 0 radical (unpaired) electrons. The highest BCUT2D eigenvalue weighted by Gasteiger charge is 2.51. The summed E-state index contributed by atoms with van der Waals surface area (Å²) in [5, 5.41) is 2.36. The average Bonchev–Trinajstić information content (AvgIpc) is 3.10. The molecule has 0 aliphatic heterocycles. The zero-order chi connectivity index (χ0) is 21.1. The molecule has 3 rings (SSSR count). The molecule has 4 nitrogen and oxygen atoms in total. The molecule has 0 aromatic heterocycles. The molecule has 0 bridgehead atoms. The van der Waals surface area contributed by atoms with E-state index in [1.54, 1.807) is 0 Å². The summed E-state index contributed by atoms with van der Waals surface area (Å²) in [7, 11) is -5.65. The van der Waals surface area contributed by atoms with Crippen molar-refractivity contribution in [3.8, 4) is 0 Å². The molecule has 158 valence electrons. The quantitative estimate of drug-likeness (QED) is 0.498. The van der Waals surface area contributed by atoms with E-state index in [1.807, 2.05) is 36.4 Å².